The van der Waals surface area contributed by atoms with Crippen molar-refractivity contribution in [2.75, 3.05) is 26.9 Å². The quantitative estimate of drug-likeness (QED) is 0.826. The molecule has 104 valence electrons. The van der Waals surface area contributed by atoms with Crippen LogP contribution in [-0.2, 0) is 4.74 Å². The molecule has 1 aliphatic heterocycles. The monoisotopic (exact) mass is 263 g/mol. The topological polar surface area (TPSA) is 50.7 Å². The molecule has 1 aromatic carbocycles. The van der Waals surface area contributed by atoms with E-state index in [0.29, 0.717) is 12.0 Å². The Kier molecular flexibility index (Phi) is 3.37. The van der Waals surface area contributed by atoms with Crippen molar-refractivity contribution in [3.05, 3.63) is 23.8 Å². The lowest BCUT2D eigenvalue weighted by Gasteiger charge is -2.19. The number of hydrogen-bond donors (Lipinski definition) is 2. The van der Waals surface area contributed by atoms with Gasteiger partial charge in [0.25, 0.3) is 0 Å². The van der Waals surface area contributed by atoms with E-state index < -0.39 is 0 Å². The zero-order valence-electron chi connectivity index (χ0n) is 11.3. The Hall–Kier alpha value is -1.26. The highest BCUT2D eigenvalue weighted by Gasteiger charge is 2.42. The van der Waals surface area contributed by atoms with E-state index in [2.05, 4.69) is 5.32 Å². The largest absolute Gasteiger partial charge is 0.508 e. The van der Waals surface area contributed by atoms with E-state index in [9.17, 15) is 5.11 Å². The highest BCUT2D eigenvalue weighted by atomic mass is 16.5. The average Bonchev–Trinajstić information content (AvgIpc) is 3.08. The highest BCUT2D eigenvalue weighted by Crippen LogP contribution is 2.48. The van der Waals surface area contributed by atoms with Crippen molar-refractivity contribution in [2.45, 2.75) is 25.3 Å². The minimum absolute atomic E-state index is 0.246. The third-order valence-corrected chi connectivity index (χ3v) is 4.30. The molecule has 2 aliphatic rings. The lowest BCUT2D eigenvalue weighted by atomic mass is 10.0. The van der Waals surface area contributed by atoms with Crippen molar-refractivity contribution in [1.29, 1.82) is 0 Å². The zero-order valence-corrected chi connectivity index (χ0v) is 11.3. The van der Waals surface area contributed by atoms with Gasteiger partial charge in [0.1, 0.15) is 18.1 Å². The van der Waals surface area contributed by atoms with Gasteiger partial charge in [0.05, 0.1) is 6.04 Å². The Morgan fingerprint density at radius 2 is 2.32 bits per heavy atom. The number of benzene rings is 1. The first kappa shape index (κ1) is 12.8. The molecule has 0 radical (unpaired) electrons. The Morgan fingerprint density at radius 1 is 1.47 bits per heavy atom. The number of fused-ring (bicyclic) bond motifs is 1. The molecule has 0 spiro atoms. The molecule has 19 heavy (non-hydrogen) atoms. The first-order chi connectivity index (χ1) is 9.22. The molecule has 1 saturated carbocycles. The second-order valence-electron chi connectivity index (χ2n) is 5.71. The summed E-state index contributed by atoms with van der Waals surface area (Å²) in [6.07, 6.45) is 3.71. The summed E-state index contributed by atoms with van der Waals surface area (Å²) in [5, 5.41) is 13.0. The van der Waals surface area contributed by atoms with Crippen molar-refractivity contribution < 1.29 is 14.6 Å². The van der Waals surface area contributed by atoms with E-state index in [1.807, 2.05) is 6.07 Å². The molecule has 0 amide bonds. The summed E-state index contributed by atoms with van der Waals surface area (Å²) >= 11 is 0. The molecule has 1 atom stereocenters. The minimum Gasteiger partial charge on any atom is -0.508 e. The van der Waals surface area contributed by atoms with Gasteiger partial charge < -0.3 is 19.9 Å². The summed E-state index contributed by atoms with van der Waals surface area (Å²) in [4.78, 5) is 0. The summed E-state index contributed by atoms with van der Waals surface area (Å²) in [5.41, 5.74) is 1.59. The molecule has 4 heteroatoms. The van der Waals surface area contributed by atoms with Crippen LogP contribution in [0.15, 0.2) is 18.2 Å². The normalized spacial score (nSPS) is 22.9. The summed E-state index contributed by atoms with van der Waals surface area (Å²) < 4.78 is 10.8. The molecule has 1 heterocycles. The fraction of sp³-hybridized carbons (Fsp3) is 0.600. The first-order valence-corrected chi connectivity index (χ1v) is 6.90. The van der Waals surface area contributed by atoms with E-state index in [-0.39, 0.29) is 11.8 Å². The van der Waals surface area contributed by atoms with Gasteiger partial charge in [-0.05, 0) is 36.8 Å². The van der Waals surface area contributed by atoms with Crippen LogP contribution in [0.3, 0.4) is 0 Å². The number of rotatable bonds is 6. The Bertz CT molecular complexity index is 457. The maximum absolute atomic E-state index is 9.43. The smallest absolute Gasteiger partial charge is 0.127 e. The fourth-order valence-corrected chi connectivity index (χ4v) is 2.72. The van der Waals surface area contributed by atoms with Gasteiger partial charge in [-0.2, -0.15) is 0 Å². The molecule has 3 rings (SSSR count). The number of methoxy groups -OCH3 is 1. The van der Waals surface area contributed by atoms with Crippen molar-refractivity contribution in [1.82, 2.24) is 5.32 Å². The van der Waals surface area contributed by atoms with Gasteiger partial charge in [0.15, 0.2) is 0 Å². The third kappa shape index (κ3) is 2.69. The number of aromatic hydroxyl groups is 1. The average molecular weight is 263 g/mol. The van der Waals surface area contributed by atoms with Crippen molar-refractivity contribution in [3.63, 3.8) is 0 Å². The molecule has 4 nitrogen and oxygen atoms in total. The van der Waals surface area contributed by atoms with Crippen LogP contribution in [0.1, 0.15) is 30.9 Å². The highest BCUT2D eigenvalue weighted by molar-refractivity contribution is 5.44. The van der Waals surface area contributed by atoms with Crippen molar-refractivity contribution in [2.24, 2.45) is 5.41 Å². The number of hydrogen-bond acceptors (Lipinski definition) is 4. The molecule has 2 N–H and O–H groups in total. The van der Waals surface area contributed by atoms with Crippen LogP contribution < -0.4 is 10.1 Å². The van der Waals surface area contributed by atoms with Gasteiger partial charge in [0, 0.05) is 31.9 Å². The number of phenols is 1. The molecule has 0 aromatic heterocycles. The first-order valence-electron chi connectivity index (χ1n) is 6.90. The zero-order chi connectivity index (χ0) is 13.3. The molecular formula is C15H21NO3. The third-order valence-electron chi connectivity index (χ3n) is 4.30. The Balaban J connectivity index is 1.58. The molecule has 1 aromatic rings. The number of nitrogens with one attached hydrogen (secondary N) is 1. The summed E-state index contributed by atoms with van der Waals surface area (Å²) in [7, 11) is 1.76. The van der Waals surface area contributed by atoms with Gasteiger partial charge in [-0.1, -0.05) is 0 Å². The molecule has 0 bridgehead atoms. The van der Waals surface area contributed by atoms with Gasteiger partial charge >= 0.3 is 0 Å². The van der Waals surface area contributed by atoms with E-state index in [0.717, 1.165) is 30.9 Å². The van der Waals surface area contributed by atoms with Crippen LogP contribution in [0.2, 0.25) is 0 Å². The minimum atomic E-state index is 0.246. The van der Waals surface area contributed by atoms with Crippen molar-refractivity contribution in [3.8, 4) is 11.5 Å². The SMILES string of the molecule is COCCC1(CNC2COc3cc(O)ccc32)CC1. The molecular weight excluding hydrogens is 242 g/mol. The summed E-state index contributed by atoms with van der Waals surface area (Å²) in [6, 6.07) is 5.61. The second kappa shape index (κ2) is 5.02. The Morgan fingerprint density at radius 3 is 3.05 bits per heavy atom. The maximum atomic E-state index is 9.43. The number of ether oxygens (including phenoxy) is 2. The van der Waals surface area contributed by atoms with Gasteiger partial charge in [-0.3, -0.25) is 0 Å². The van der Waals surface area contributed by atoms with Gasteiger partial charge in [0.2, 0.25) is 0 Å². The lowest BCUT2D eigenvalue weighted by Crippen LogP contribution is -2.29. The van der Waals surface area contributed by atoms with Crippen LogP contribution in [0.4, 0.5) is 0 Å². The van der Waals surface area contributed by atoms with E-state index in [4.69, 9.17) is 9.47 Å². The van der Waals surface area contributed by atoms with Crippen LogP contribution >= 0.6 is 0 Å². The second-order valence-corrected chi connectivity index (χ2v) is 5.71. The van der Waals surface area contributed by atoms with E-state index in [1.165, 1.54) is 12.8 Å². The summed E-state index contributed by atoms with van der Waals surface area (Å²) in [5.74, 6) is 1.07. The molecule has 1 aliphatic carbocycles. The molecule has 1 unspecified atom stereocenters. The van der Waals surface area contributed by atoms with Crippen molar-refractivity contribution >= 4 is 0 Å². The number of phenolic OH excluding ortho intramolecular Hbond substituents is 1. The van der Waals surface area contributed by atoms with Gasteiger partial charge in [-0.25, -0.2) is 0 Å². The van der Waals surface area contributed by atoms with Crippen LogP contribution in [0.25, 0.3) is 0 Å². The fourth-order valence-electron chi connectivity index (χ4n) is 2.72. The lowest BCUT2D eigenvalue weighted by molar-refractivity contribution is 0.169. The van der Waals surface area contributed by atoms with Gasteiger partial charge in [-0.15, -0.1) is 0 Å². The Labute approximate surface area is 113 Å². The molecule has 1 fully saturated rings. The van der Waals surface area contributed by atoms with Crippen LogP contribution in [-0.4, -0.2) is 32.0 Å². The predicted molar refractivity (Wildman–Crippen MR) is 72.5 cm³/mol. The summed E-state index contributed by atoms with van der Waals surface area (Å²) in [6.45, 7) is 2.51. The van der Waals surface area contributed by atoms with Crippen LogP contribution in [0, 0.1) is 5.41 Å². The van der Waals surface area contributed by atoms with Crippen LogP contribution in [0.5, 0.6) is 11.5 Å². The maximum Gasteiger partial charge on any atom is 0.127 e. The van der Waals surface area contributed by atoms with E-state index in [1.54, 1.807) is 19.2 Å². The standard InChI is InChI=1S/C15H21NO3/c1-18-7-6-15(4-5-15)10-16-13-9-19-14-8-11(17)2-3-12(13)14/h2-3,8,13,16-17H,4-7,9-10H2,1H3. The predicted octanol–water partition coefficient (Wildman–Crippen LogP) is 2.23. The van der Waals surface area contributed by atoms with E-state index >= 15 is 0 Å². The molecule has 0 saturated heterocycles.